The maximum absolute atomic E-state index is 11.5. The number of aromatic nitrogens is 4. The second-order valence-corrected chi connectivity index (χ2v) is 3.46. The highest BCUT2D eigenvalue weighted by Gasteiger charge is 2.10. The molecular weight excluding hydrogens is 212 g/mol. The Balaban J connectivity index is 2.57. The van der Waals surface area contributed by atoms with Gasteiger partial charge in [-0.1, -0.05) is 0 Å². The van der Waals surface area contributed by atoms with Gasteiger partial charge in [-0.25, -0.2) is 9.78 Å². The van der Waals surface area contributed by atoms with E-state index in [1.54, 1.807) is 0 Å². The molecule has 0 spiro atoms. The minimum atomic E-state index is -0.430. The van der Waals surface area contributed by atoms with Gasteiger partial charge in [0.1, 0.15) is 5.78 Å². The molecule has 0 aromatic carbocycles. The molecule has 0 radical (unpaired) electrons. The van der Waals surface area contributed by atoms with Gasteiger partial charge in [0, 0.05) is 13.0 Å². The summed E-state index contributed by atoms with van der Waals surface area (Å²) in [7, 11) is 0. The highest BCUT2D eigenvalue weighted by Crippen LogP contribution is 2.00. The van der Waals surface area contributed by atoms with Gasteiger partial charge in [-0.3, -0.25) is 19.1 Å². The van der Waals surface area contributed by atoms with E-state index < -0.39 is 11.2 Å². The molecule has 0 saturated carbocycles. The molecular formula is C9H10N4O3. The molecule has 84 valence electrons. The Morgan fingerprint density at radius 1 is 1.50 bits per heavy atom. The van der Waals surface area contributed by atoms with Gasteiger partial charge < -0.3 is 4.98 Å². The van der Waals surface area contributed by atoms with Crippen LogP contribution in [0.1, 0.15) is 13.3 Å². The fraction of sp³-hybridized carbons (Fsp3) is 0.333. The highest BCUT2D eigenvalue weighted by molar-refractivity contribution is 5.75. The topological polar surface area (TPSA) is 101 Å². The van der Waals surface area contributed by atoms with E-state index in [2.05, 4.69) is 15.0 Å². The average Bonchev–Trinajstić information content (AvgIpc) is 2.53. The first-order chi connectivity index (χ1) is 7.59. The van der Waals surface area contributed by atoms with Crippen molar-refractivity contribution in [3.63, 3.8) is 0 Å². The van der Waals surface area contributed by atoms with Crippen LogP contribution in [0.4, 0.5) is 0 Å². The number of ketones is 1. The Morgan fingerprint density at radius 3 is 2.94 bits per heavy atom. The Labute approximate surface area is 89.1 Å². The van der Waals surface area contributed by atoms with Crippen LogP contribution < -0.4 is 11.2 Å². The van der Waals surface area contributed by atoms with Gasteiger partial charge in [-0.2, -0.15) is 0 Å². The predicted molar refractivity (Wildman–Crippen MR) is 56.3 cm³/mol. The van der Waals surface area contributed by atoms with Gasteiger partial charge in [0.15, 0.2) is 11.2 Å². The zero-order valence-electron chi connectivity index (χ0n) is 8.61. The van der Waals surface area contributed by atoms with Gasteiger partial charge in [0.2, 0.25) is 0 Å². The van der Waals surface area contributed by atoms with Gasteiger partial charge in [-0.05, 0) is 6.92 Å². The molecule has 0 aliphatic carbocycles. The van der Waals surface area contributed by atoms with Gasteiger partial charge >= 0.3 is 5.69 Å². The number of Topliss-reactive ketones (excluding diaryl/α,β-unsaturated/α-hetero) is 1. The minimum absolute atomic E-state index is 0.0221. The van der Waals surface area contributed by atoms with Crippen molar-refractivity contribution in [3.8, 4) is 0 Å². The van der Waals surface area contributed by atoms with Crippen molar-refractivity contribution in [2.45, 2.75) is 19.9 Å². The molecule has 2 N–H and O–H groups in total. The number of rotatable bonds is 3. The maximum Gasteiger partial charge on any atom is 0.327 e. The quantitative estimate of drug-likeness (QED) is 0.723. The fourth-order valence-electron chi connectivity index (χ4n) is 1.45. The van der Waals surface area contributed by atoms with Crippen molar-refractivity contribution in [2.75, 3.05) is 0 Å². The van der Waals surface area contributed by atoms with Crippen molar-refractivity contribution in [1.29, 1.82) is 0 Å². The summed E-state index contributed by atoms with van der Waals surface area (Å²) < 4.78 is 1.28. The molecule has 7 heteroatoms. The predicted octanol–water partition coefficient (Wildman–Crippen LogP) is -0.608. The first kappa shape index (κ1) is 10.3. The number of hydrogen-bond donors (Lipinski definition) is 2. The minimum Gasteiger partial charge on any atom is -0.311 e. The molecule has 7 nitrogen and oxygen atoms in total. The van der Waals surface area contributed by atoms with Crippen LogP contribution in [-0.2, 0) is 11.3 Å². The summed E-state index contributed by atoms with van der Waals surface area (Å²) in [6, 6.07) is 0. The SMILES string of the molecule is CC(=O)CCn1c(=O)[nH]c2c(=O)[nH]cnc21. The number of imidazole rings is 1. The van der Waals surface area contributed by atoms with E-state index in [1.165, 1.54) is 17.8 Å². The molecule has 2 rings (SSSR count). The molecule has 0 amide bonds. The lowest BCUT2D eigenvalue weighted by Crippen LogP contribution is -2.18. The lowest BCUT2D eigenvalue weighted by molar-refractivity contribution is -0.117. The maximum atomic E-state index is 11.5. The summed E-state index contributed by atoms with van der Waals surface area (Å²) in [5.41, 5.74) is -0.421. The van der Waals surface area contributed by atoms with E-state index in [1.807, 2.05) is 0 Å². The molecule has 0 aliphatic rings. The summed E-state index contributed by atoms with van der Waals surface area (Å²) in [5.74, 6) is -0.0221. The fourth-order valence-corrected chi connectivity index (χ4v) is 1.45. The largest absolute Gasteiger partial charge is 0.327 e. The lowest BCUT2D eigenvalue weighted by Gasteiger charge is -1.98. The van der Waals surface area contributed by atoms with Crippen molar-refractivity contribution < 1.29 is 4.79 Å². The summed E-state index contributed by atoms with van der Waals surface area (Å²) in [6.07, 6.45) is 1.46. The Bertz CT molecular complexity index is 649. The molecule has 16 heavy (non-hydrogen) atoms. The number of carbonyl (C=O) groups is 1. The van der Waals surface area contributed by atoms with E-state index >= 15 is 0 Å². The van der Waals surface area contributed by atoms with E-state index in [4.69, 9.17) is 0 Å². The summed E-state index contributed by atoms with van der Waals surface area (Å²) >= 11 is 0. The smallest absolute Gasteiger partial charge is 0.311 e. The van der Waals surface area contributed by atoms with E-state index in [0.717, 1.165) is 0 Å². The third-order valence-electron chi connectivity index (χ3n) is 2.25. The second kappa shape index (κ2) is 3.76. The molecule has 0 saturated heterocycles. The van der Waals surface area contributed by atoms with Crippen LogP contribution in [0.3, 0.4) is 0 Å². The van der Waals surface area contributed by atoms with Gasteiger partial charge in [-0.15, -0.1) is 0 Å². The van der Waals surface area contributed by atoms with E-state index in [9.17, 15) is 14.4 Å². The molecule has 0 atom stereocenters. The average molecular weight is 222 g/mol. The van der Waals surface area contributed by atoms with Crippen LogP contribution in [0.5, 0.6) is 0 Å². The molecule has 2 heterocycles. The first-order valence-corrected chi connectivity index (χ1v) is 4.75. The van der Waals surface area contributed by atoms with Crippen molar-refractivity contribution in [1.82, 2.24) is 19.5 Å². The number of nitrogens with zero attached hydrogens (tertiary/aromatic N) is 2. The second-order valence-electron chi connectivity index (χ2n) is 3.46. The van der Waals surface area contributed by atoms with Crippen molar-refractivity contribution in [3.05, 3.63) is 27.2 Å². The van der Waals surface area contributed by atoms with E-state index in [-0.39, 0.29) is 29.9 Å². The molecule has 0 bridgehead atoms. The van der Waals surface area contributed by atoms with Crippen LogP contribution in [0.25, 0.3) is 11.2 Å². The van der Waals surface area contributed by atoms with Crippen LogP contribution in [0.15, 0.2) is 15.9 Å². The standard InChI is InChI=1S/C9H10N4O3/c1-5(14)2-3-13-7-6(12-9(13)16)8(15)11-4-10-7/h4H,2-3H2,1H3,(H,12,16)(H,10,11,15). The van der Waals surface area contributed by atoms with Crippen LogP contribution >= 0.6 is 0 Å². The van der Waals surface area contributed by atoms with Crippen LogP contribution in [0, 0.1) is 0 Å². The number of H-pyrrole nitrogens is 2. The summed E-state index contributed by atoms with van der Waals surface area (Å²) in [4.78, 5) is 42.4. The van der Waals surface area contributed by atoms with Crippen LogP contribution in [0.2, 0.25) is 0 Å². The molecule has 0 fully saturated rings. The number of aryl methyl sites for hydroxylation is 1. The van der Waals surface area contributed by atoms with Crippen molar-refractivity contribution in [2.24, 2.45) is 0 Å². The molecule has 2 aromatic heterocycles. The number of hydrogen-bond acceptors (Lipinski definition) is 4. The zero-order valence-corrected chi connectivity index (χ0v) is 8.61. The number of aromatic amines is 2. The number of carbonyl (C=O) groups excluding carboxylic acids is 1. The molecule has 0 unspecified atom stereocenters. The lowest BCUT2D eigenvalue weighted by atomic mass is 10.3. The number of nitrogens with one attached hydrogen (secondary N) is 2. The highest BCUT2D eigenvalue weighted by atomic mass is 16.2. The van der Waals surface area contributed by atoms with E-state index in [0.29, 0.717) is 0 Å². The summed E-state index contributed by atoms with van der Waals surface area (Å²) in [5, 5.41) is 0. The van der Waals surface area contributed by atoms with Crippen LogP contribution in [-0.4, -0.2) is 25.3 Å². The monoisotopic (exact) mass is 222 g/mol. The normalized spacial score (nSPS) is 10.8. The van der Waals surface area contributed by atoms with Gasteiger partial charge in [0.05, 0.1) is 6.33 Å². The van der Waals surface area contributed by atoms with Gasteiger partial charge in [0.25, 0.3) is 5.56 Å². The summed E-state index contributed by atoms with van der Waals surface area (Å²) in [6.45, 7) is 1.67. The van der Waals surface area contributed by atoms with Crippen molar-refractivity contribution >= 4 is 16.9 Å². The Morgan fingerprint density at radius 2 is 2.25 bits per heavy atom. The molecule has 0 aliphatic heterocycles. The third-order valence-corrected chi connectivity index (χ3v) is 2.25. The zero-order chi connectivity index (χ0) is 11.7. The Hall–Kier alpha value is -2.18. The first-order valence-electron chi connectivity index (χ1n) is 4.75. The Kier molecular flexibility index (Phi) is 2.43. The molecule has 2 aromatic rings. The third kappa shape index (κ3) is 1.67. The number of fused-ring (bicyclic) bond motifs is 1.